The minimum Gasteiger partial charge on any atom is -0.385 e. The highest BCUT2D eigenvalue weighted by Gasteiger charge is 2.40. The molecule has 2 amide bonds. The van der Waals surface area contributed by atoms with Gasteiger partial charge >= 0.3 is 6.03 Å². The Balaban J connectivity index is 1.82. The monoisotopic (exact) mass is 285 g/mol. The van der Waals surface area contributed by atoms with Crippen molar-refractivity contribution < 1.29 is 14.4 Å². The maximum Gasteiger partial charge on any atom is 0.318 e. The van der Waals surface area contributed by atoms with Crippen molar-refractivity contribution in [3.63, 3.8) is 0 Å². The summed E-state index contributed by atoms with van der Waals surface area (Å²) in [6.07, 6.45) is -0.439. The summed E-state index contributed by atoms with van der Waals surface area (Å²) in [5.41, 5.74) is 0. The van der Waals surface area contributed by atoms with Crippen LogP contribution in [0, 0.1) is 0 Å². The zero-order valence-electron chi connectivity index (χ0n) is 13.2. The van der Waals surface area contributed by atoms with Gasteiger partial charge in [0.1, 0.15) is 25.2 Å². The fourth-order valence-electron chi connectivity index (χ4n) is 3.20. The third kappa shape index (κ3) is 3.62. The van der Waals surface area contributed by atoms with Gasteiger partial charge < -0.3 is 19.8 Å². The largest absolute Gasteiger partial charge is 0.385 e. The minimum atomic E-state index is -0.439. The maximum atomic E-state index is 12.3. The van der Waals surface area contributed by atoms with Crippen molar-refractivity contribution in [1.82, 2.24) is 15.1 Å². The summed E-state index contributed by atoms with van der Waals surface area (Å²) in [6.45, 7) is 9.26. The first-order valence-corrected chi connectivity index (χ1v) is 7.58. The number of nitrogens with zero attached hydrogens (tertiary/aromatic N) is 3. The van der Waals surface area contributed by atoms with Gasteiger partial charge in [-0.1, -0.05) is 0 Å². The topological polar surface area (TPSA) is 55.8 Å². The summed E-state index contributed by atoms with van der Waals surface area (Å²) >= 11 is 0. The van der Waals surface area contributed by atoms with E-state index in [-0.39, 0.29) is 12.1 Å². The first-order chi connectivity index (χ1) is 9.28. The van der Waals surface area contributed by atoms with Crippen LogP contribution in [0.4, 0.5) is 4.79 Å². The summed E-state index contributed by atoms with van der Waals surface area (Å²) in [6, 6.07) is 0.384. The molecule has 0 bridgehead atoms. The van der Waals surface area contributed by atoms with Crippen LogP contribution in [0.15, 0.2) is 0 Å². The van der Waals surface area contributed by atoms with Crippen LogP contribution >= 0.6 is 0 Å². The molecule has 0 aromatic carbocycles. The van der Waals surface area contributed by atoms with Crippen LogP contribution in [0.25, 0.3) is 0 Å². The highest BCUT2D eigenvalue weighted by atomic mass is 16.3. The molecule has 2 N–H and O–H groups in total. The van der Waals surface area contributed by atoms with Gasteiger partial charge in [0, 0.05) is 32.2 Å². The van der Waals surface area contributed by atoms with Crippen LogP contribution in [0.3, 0.4) is 0 Å². The van der Waals surface area contributed by atoms with Gasteiger partial charge in [-0.05, 0) is 13.8 Å². The Morgan fingerprint density at radius 3 is 2.25 bits per heavy atom. The fraction of sp³-hybridized carbons (Fsp3) is 0.929. The van der Waals surface area contributed by atoms with E-state index in [2.05, 4.69) is 38.2 Å². The number of amides is 2. The molecule has 0 aliphatic carbocycles. The fourth-order valence-corrected chi connectivity index (χ4v) is 3.20. The van der Waals surface area contributed by atoms with E-state index < -0.39 is 6.10 Å². The molecule has 2 saturated heterocycles. The molecule has 2 heterocycles. The van der Waals surface area contributed by atoms with Crippen molar-refractivity contribution in [3.8, 4) is 0 Å². The van der Waals surface area contributed by atoms with E-state index in [4.69, 9.17) is 0 Å². The lowest BCUT2D eigenvalue weighted by molar-refractivity contribution is -0.879. The third-order valence-electron chi connectivity index (χ3n) is 4.48. The van der Waals surface area contributed by atoms with Crippen molar-refractivity contribution in [1.29, 1.82) is 0 Å². The third-order valence-corrected chi connectivity index (χ3v) is 4.48. The van der Waals surface area contributed by atoms with Crippen LogP contribution in [0.5, 0.6) is 0 Å². The number of hydrogen-bond donors (Lipinski definition) is 2. The van der Waals surface area contributed by atoms with Crippen LogP contribution in [-0.4, -0.2) is 97.0 Å². The molecule has 6 heteroatoms. The van der Waals surface area contributed by atoms with Gasteiger partial charge in [0.2, 0.25) is 0 Å². The van der Waals surface area contributed by atoms with E-state index >= 15 is 0 Å². The number of aliphatic hydroxyl groups excluding tert-OH is 1. The molecule has 2 atom stereocenters. The van der Waals surface area contributed by atoms with Gasteiger partial charge in [-0.3, -0.25) is 4.90 Å². The Labute approximate surface area is 121 Å². The second-order valence-corrected chi connectivity index (χ2v) is 7.04. The van der Waals surface area contributed by atoms with Crippen molar-refractivity contribution in [2.45, 2.75) is 32.0 Å². The van der Waals surface area contributed by atoms with Crippen molar-refractivity contribution in [2.24, 2.45) is 0 Å². The molecule has 0 spiro atoms. The lowest BCUT2D eigenvalue weighted by Gasteiger charge is -2.37. The van der Waals surface area contributed by atoms with Crippen molar-refractivity contribution >= 4 is 6.03 Å². The first kappa shape index (κ1) is 15.5. The zero-order valence-corrected chi connectivity index (χ0v) is 13.2. The van der Waals surface area contributed by atoms with Crippen LogP contribution in [0.1, 0.15) is 13.8 Å². The number of urea groups is 1. The lowest BCUT2D eigenvalue weighted by Crippen LogP contribution is -2.56. The maximum absolute atomic E-state index is 12.3. The Morgan fingerprint density at radius 2 is 1.80 bits per heavy atom. The molecule has 2 aliphatic rings. The van der Waals surface area contributed by atoms with Gasteiger partial charge in [0.05, 0.1) is 14.1 Å². The van der Waals surface area contributed by atoms with Crippen LogP contribution < -0.4 is 5.32 Å². The SMILES string of the molecule is CC(C)N1CCN(C(=O)NC2C[N+](C)(C)CC2O)CC1. The molecule has 0 saturated carbocycles. The van der Waals surface area contributed by atoms with E-state index in [9.17, 15) is 9.90 Å². The second-order valence-electron chi connectivity index (χ2n) is 7.04. The summed E-state index contributed by atoms with van der Waals surface area (Å²) in [5, 5.41) is 13.0. The highest BCUT2D eigenvalue weighted by Crippen LogP contribution is 2.15. The van der Waals surface area contributed by atoms with E-state index in [1.54, 1.807) is 0 Å². The minimum absolute atomic E-state index is 0.0284. The molecule has 2 fully saturated rings. The Morgan fingerprint density at radius 1 is 1.20 bits per heavy atom. The molecular weight excluding hydrogens is 256 g/mol. The number of likely N-dealkylation sites (N-methyl/N-ethyl adjacent to an activating group) is 1. The summed E-state index contributed by atoms with van der Waals surface area (Å²) in [4.78, 5) is 16.5. The Hall–Kier alpha value is -0.850. The number of carbonyl (C=O) groups is 1. The van der Waals surface area contributed by atoms with Gasteiger partial charge in [-0.15, -0.1) is 0 Å². The number of piperazine rings is 1. The molecule has 6 nitrogen and oxygen atoms in total. The quantitative estimate of drug-likeness (QED) is 0.675. The highest BCUT2D eigenvalue weighted by molar-refractivity contribution is 5.74. The second kappa shape index (κ2) is 5.87. The van der Waals surface area contributed by atoms with Gasteiger partial charge in [0.15, 0.2) is 0 Å². The molecular formula is C14H29N4O2+. The van der Waals surface area contributed by atoms with Crippen LogP contribution in [-0.2, 0) is 0 Å². The molecule has 2 aliphatic heterocycles. The number of carbonyl (C=O) groups excluding carboxylic acids is 1. The molecule has 20 heavy (non-hydrogen) atoms. The summed E-state index contributed by atoms with van der Waals surface area (Å²) in [5.74, 6) is 0. The average Bonchev–Trinajstić information content (AvgIpc) is 2.62. The normalized spacial score (nSPS) is 30.8. The number of hydrogen-bond acceptors (Lipinski definition) is 3. The summed E-state index contributed by atoms with van der Waals surface area (Å²) in [7, 11) is 4.16. The van der Waals surface area contributed by atoms with E-state index in [0.717, 1.165) is 37.2 Å². The first-order valence-electron chi connectivity index (χ1n) is 7.58. The molecule has 2 rings (SSSR count). The number of aliphatic hydroxyl groups is 1. The van der Waals surface area contributed by atoms with Gasteiger partial charge in [-0.2, -0.15) is 0 Å². The number of likely N-dealkylation sites (tertiary alicyclic amines) is 1. The van der Waals surface area contributed by atoms with Crippen LogP contribution in [0.2, 0.25) is 0 Å². The zero-order chi connectivity index (χ0) is 14.9. The predicted octanol–water partition coefficient (Wildman–Crippen LogP) is -0.458. The predicted molar refractivity (Wildman–Crippen MR) is 78.5 cm³/mol. The Bertz CT molecular complexity index is 351. The van der Waals surface area contributed by atoms with E-state index in [0.29, 0.717) is 12.6 Å². The van der Waals surface area contributed by atoms with Gasteiger partial charge in [0.25, 0.3) is 0 Å². The van der Waals surface area contributed by atoms with E-state index in [1.165, 1.54) is 0 Å². The molecule has 2 unspecified atom stereocenters. The summed E-state index contributed by atoms with van der Waals surface area (Å²) < 4.78 is 0.757. The standard InChI is InChI=1S/C14H28N4O2/c1-11(2)16-5-7-17(8-6-16)14(20)15-12-9-18(3,4)10-13(12)19/h11-13,19H,5-10H2,1-4H3/p+1. The van der Waals surface area contributed by atoms with Crippen molar-refractivity contribution in [2.75, 3.05) is 53.4 Å². The number of rotatable bonds is 2. The number of quaternary nitrogens is 1. The smallest absolute Gasteiger partial charge is 0.318 e. The Kier molecular flexibility index (Phi) is 4.56. The molecule has 116 valence electrons. The van der Waals surface area contributed by atoms with Gasteiger partial charge in [-0.25, -0.2) is 4.79 Å². The molecule has 0 aromatic rings. The molecule has 0 radical (unpaired) electrons. The molecule has 0 aromatic heterocycles. The average molecular weight is 285 g/mol. The number of nitrogens with one attached hydrogen (secondary N) is 1. The van der Waals surface area contributed by atoms with Crippen molar-refractivity contribution in [3.05, 3.63) is 0 Å². The lowest BCUT2D eigenvalue weighted by atomic mass is 10.2. The van der Waals surface area contributed by atoms with E-state index in [1.807, 2.05) is 4.90 Å².